The number of aryl methyl sites for hydroxylation is 2. The van der Waals surface area contributed by atoms with Gasteiger partial charge < -0.3 is 4.90 Å². The normalized spacial score (nSPS) is 18.2. The number of rotatable bonds is 3. The molecule has 34 heavy (non-hydrogen) atoms. The van der Waals surface area contributed by atoms with Gasteiger partial charge in [-0.3, -0.25) is 15.0 Å². The third-order valence-corrected chi connectivity index (χ3v) is 8.33. The lowest BCUT2D eigenvalue weighted by Gasteiger charge is -2.37. The molecule has 0 spiro atoms. The number of hydrogen-bond donors (Lipinski definition) is 1. The zero-order valence-electron chi connectivity index (χ0n) is 18.6. The first-order chi connectivity index (χ1) is 16.4. The zero-order valence-corrected chi connectivity index (χ0v) is 22.5. The summed E-state index contributed by atoms with van der Waals surface area (Å²) in [6, 6.07) is 9.84. The van der Waals surface area contributed by atoms with Gasteiger partial charge >= 0.3 is 0 Å². The topological polar surface area (TPSA) is 57.3 Å². The molecular formula is C26H25Br2ClN3O2+. The number of fused-ring (bicyclic) bond motifs is 2. The fraction of sp³-hybridized carbons (Fsp3) is 0.346. The number of nitrogens with zero attached hydrogens (tertiary/aromatic N) is 3. The Labute approximate surface area is 221 Å². The molecule has 1 atom stereocenters. The first-order valence-corrected chi connectivity index (χ1v) is 13.4. The molecule has 1 aromatic carbocycles. The maximum absolute atomic E-state index is 12.9. The van der Waals surface area contributed by atoms with Crippen molar-refractivity contribution in [3.05, 3.63) is 90.8 Å². The van der Waals surface area contributed by atoms with E-state index in [1.165, 1.54) is 16.7 Å². The number of carbonyl (C=O) groups excluding carboxylic acids is 1. The number of halogens is 3. The Morgan fingerprint density at radius 2 is 1.82 bits per heavy atom. The third-order valence-electron chi connectivity index (χ3n) is 7.02. The highest BCUT2D eigenvalue weighted by molar-refractivity contribution is 9.10. The number of pyridine rings is 2. The van der Waals surface area contributed by atoms with Crippen LogP contribution in [0.4, 0.5) is 0 Å². The van der Waals surface area contributed by atoms with E-state index >= 15 is 0 Å². The third kappa shape index (κ3) is 4.88. The van der Waals surface area contributed by atoms with Gasteiger partial charge in [0.25, 0.3) is 0 Å². The number of piperidine rings is 1. The summed E-state index contributed by atoms with van der Waals surface area (Å²) in [6.45, 7) is 1.47. The van der Waals surface area contributed by atoms with Gasteiger partial charge in [0, 0.05) is 56.0 Å². The summed E-state index contributed by atoms with van der Waals surface area (Å²) in [4.78, 5) is 19.8. The van der Waals surface area contributed by atoms with Crippen LogP contribution in [0, 0.1) is 5.92 Å². The molecule has 1 fully saturated rings. The smallest absolute Gasteiger partial charge is 0.226 e. The summed E-state index contributed by atoms with van der Waals surface area (Å²) in [7, 11) is 0. The molecule has 5 nitrogen and oxygen atoms in total. The highest BCUT2D eigenvalue weighted by Crippen LogP contribution is 2.46. The van der Waals surface area contributed by atoms with Crippen LogP contribution >= 0.6 is 43.5 Å². The van der Waals surface area contributed by atoms with E-state index in [9.17, 15) is 10.0 Å². The monoisotopic (exact) mass is 604 g/mol. The lowest BCUT2D eigenvalue weighted by Crippen LogP contribution is -2.41. The molecule has 0 saturated carbocycles. The van der Waals surface area contributed by atoms with Crippen LogP contribution in [-0.4, -0.2) is 34.1 Å². The van der Waals surface area contributed by atoms with Crippen molar-refractivity contribution in [3.63, 3.8) is 0 Å². The number of hydrogen-bond acceptors (Lipinski definition) is 3. The first-order valence-electron chi connectivity index (χ1n) is 11.5. The highest BCUT2D eigenvalue weighted by Gasteiger charge is 2.36. The van der Waals surface area contributed by atoms with Crippen LogP contribution in [-0.2, 0) is 24.1 Å². The van der Waals surface area contributed by atoms with Crippen LogP contribution in [0.2, 0.25) is 5.02 Å². The minimum atomic E-state index is 0.130. The van der Waals surface area contributed by atoms with E-state index in [0.717, 1.165) is 68.7 Å². The predicted octanol–water partition coefficient (Wildman–Crippen LogP) is 5.50. The minimum Gasteiger partial charge on any atom is -0.342 e. The van der Waals surface area contributed by atoms with Crippen molar-refractivity contribution in [1.29, 1.82) is 0 Å². The average molecular weight is 607 g/mol. The van der Waals surface area contributed by atoms with Crippen LogP contribution in [0.1, 0.15) is 46.7 Å². The Bertz CT molecular complexity index is 1230. The van der Waals surface area contributed by atoms with Gasteiger partial charge in [-0.2, -0.15) is 0 Å². The Morgan fingerprint density at radius 1 is 1.12 bits per heavy atom. The van der Waals surface area contributed by atoms with E-state index in [1.54, 1.807) is 24.5 Å². The summed E-state index contributed by atoms with van der Waals surface area (Å²) >= 11 is 13.8. The largest absolute Gasteiger partial charge is 0.342 e. The molecular weight excluding hydrogens is 582 g/mol. The SMILES string of the molecule is O=C(Cc1cc[n+](O)cc1)N1CCC([C@H]2c3ncc(Br)cc3CCc3cc(Cl)cc(Br)c32)CC1. The fourth-order valence-electron chi connectivity index (χ4n) is 5.37. The van der Waals surface area contributed by atoms with Gasteiger partial charge in [-0.1, -0.05) is 27.5 Å². The Morgan fingerprint density at radius 3 is 2.56 bits per heavy atom. The molecule has 1 aliphatic carbocycles. The van der Waals surface area contributed by atoms with Crippen molar-refractivity contribution in [3.8, 4) is 0 Å². The summed E-state index contributed by atoms with van der Waals surface area (Å²) in [5.41, 5.74) is 5.91. The van der Waals surface area contributed by atoms with E-state index in [1.807, 2.05) is 17.2 Å². The molecule has 1 N–H and O–H groups in total. The summed E-state index contributed by atoms with van der Waals surface area (Å²) in [6.07, 6.45) is 9.05. The number of benzene rings is 1. The summed E-state index contributed by atoms with van der Waals surface area (Å²) in [5, 5.41) is 10.2. The number of carbonyl (C=O) groups is 1. The lowest BCUT2D eigenvalue weighted by atomic mass is 9.76. The molecule has 1 amide bonds. The van der Waals surface area contributed by atoms with Crippen molar-refractivity contribution >= 4 is 49.4 Å². The van der Waals surface area contributed by atoms with Crippen LogP contribution in [0.15, 0.2) is 57.9 Å². The van der Waals surface area contributed by atoms with Gasteiger partial charge in [0.2, 0.25) is 18.3 Å². The van der Waals surface area contributed by atoms with Gasteiger partial charge in [0.1, 0.15) is 0 Å². The van der Waals surface area contributed by atoms with E-state index in [2.05, 4.69) is 44.0 Å². The second kappa shape index (κ2) is 9.96. The fourth-order valence-corrected chi connectivity index (χ4v) is 6.87. The maximum Gasteiger partial charge on any atom is 0.226 e. The Balaban J connectivity index is 1.40. The number of amides is 1. The molecule has 0 unspecified atom stereocenters. The van der Waals surface area contributed by atoms with Crippen LogP contribution in [0.25, 0.3) is 0 Å². The quantitative estimate of drug-likeness (QED) is 0.317. The van der Waals surface area contributed by atoms with E-state index < -0.39 is 0 Å². The molecule has 3 aromatic rings. The molecule has 1 saturated heterocycles. The zero-order chi connectivity index (χ0) is 23.8. The number of likely N-dealkylation sites (tertiary alicyclic amines) is 1. The highest BCUT2D eigenvalue weighted by atomic mass is 79.9. The minimum absolute atomic E-state index is 0.130. The molecule has 2 aliphatic rings. The molecule has 0 radical (unpaired) electrons. The second-order valence-corrected chi connectivity index (χ2v) is 11.3. The van der Waals surface area contributed by atoms with Crippen molar-refractivity contribution in [2.75, 3.05) is 13.1 Å². The van der Waals surface area contributed by atoms with Crippen molar-refractivity contribution in [2.45, 2.75) is 38.0 Å². The van der Waals surface area contributed by atoms with Gasteiger partial charge in [0.15, 0.2) is 0 Å². The van der Waals surface area contributed by atoms with E-state index in [0.29, 0.717) is 12.3 Å². The molecule has 0 bridgehead atoms. The molecule has 176 valence electrons. The summed E-state index contributed by atoms with van der Waals surface area (Å²) in [5.74, 6) is 0.681. The van der Waals surface area contributed by atoms with Crippen molar-refractivity contribution in [1.82, 2.24) is 9.88 Å². The van der Waals surface area contributed by atoms with Crippen LogP contribution < -0.4 is 4.73 Å². The van der Waals surface area contributed by atoms with Gasteiger partial charge in [-0.05, 0) is 88.0 Å². The second-order valence-electron chi connectivity index (χ2n) is 9.12. The molecule has 2 aromatic heterocycles. The first kappa shape index (κ1) is 23.8. The number of aromatic nitrogens is 2. The van der Waals surface area contributed by atoms with Crippen LogP contribution in [0.3, 0.4) is 0 Å². The van der Waals surface area contributed by atoms with Gasteiger partial charge in [-0.25, -0.2) is 0 Å². The Kier molecular flexibility index (Phi) is 6.96. The average Bonchev–Trinajstić information content (AvgIpc) is 2.97. The van der Waals surface area contributed by atoms with Gasteiger partial charge in [0.05, 0.1) is 12.1 Å². The van der Waals surface area contributed by atoms with Crippen LogP contribution in [0.5, 0.6) is 0 Å². The molecule has 3 heterocycles. The Hall–Kier alpha value is -1.96. The standard InChI is InChI=1S/C26H25Br2ClN3O2/c27-20-12-19-2-1-18-13-21(29)14-22(28)24(18)25(26(19)30-15-20)17-5-7-31(8-6-17)23(33)11-16-3-9-32(34)10-4-16/h3-4,9-10,12-15,17,25,34H,1-2,5-8,11H2/q+1/t25-/m1/s1. The summed E-state index contributed by atoms with van der Waals surface area (Å²) < 4.78 is 3.03. The lowest BCUT2D eigenvalue weighted by molar-refractivity contribution is -0.904. The predicted molar refractivity (Wildman–Crippen MR) is 137 cm³/mol. The van der Waals surface area contributed by atoms with Crippen molar-refractivity contribution in [2.24, 2.45) is 5.92 Å². The van der Waals surface area contributed by atoms with Gasteiger partial charge in [-0.15, -0.1) is 0 Å². The molecule has 8 heteroatoms. The molecule has 1 aliphatic heterocycles. The molecule has 5 rings (SSSR count). The van der Waals surface area contributed by atoms with Crippen molar-refractivity contribution < 1.29 is 14.7 Å². The van der Waals surface area contributed by atoms with E-state index in [-0.39, 0.29) is 11.8 Å². The van der Waals surface area contributed by atoms with E-state index in [4.69, 9.17) is 16.6 Å². The maximum atomic E-state index is 12.9.